The predicted molar refractivity (Wildman–Crippen MR) is 72.9 cm³/mol. The number of amides is 1. The highest BCUT2D eigenvalue weighted by Gasteiger charge is 2.23. The van der Waals surface area contributed by atoms with E-state index in [-0.39, 0.29) is 17.7 Å². The van der Waals surface area contributed by atoms with Gasteiger partial charge in [0, 0.05) is 17.5 Å². The average molecular weight is 266 g/mol. The standard InChI is InChI=1S/C13H18N2O2S/c1-18-12-4-2-3-10(6-12)15-13(17)9-5-11(16)8-14-7-9/h5,7-8,10,12,16H,2-4,6H2,1H3,(H,15,17). The maximum Gasteiger partial charge on any atom is 0.253 e. The molecule has 4 nitrogen and oxygen atoms in total. The van der Waals surface area contributed by atoms with Gasteiger partial charge in [0.05, 0.1) is 11.8 Å². The summed E-state index contributed by atoms with van der Waals surface area (Å²) in [5.74, 6) is -0.126. The van der Waals surface area contributed by atoms with Crippen LogP contribution < -0.4 is 5.32 Å². The van der Waals surface area contributed by atoms with Crippen molar-refractivity contribution in [2.45, 2.75) is 37.0 Å². The van der Waals surface area contributed by atoms with Crippen molar-refractivity contribution < 1.29 is 9.90 Å². The largest absolute Gasteiger partial charge is 0.506 e. The van der Waals surface area contributed by atoms with E-state index >= 15 is 0 Å². The lowest BCUT2D eigenvalue weighted by Gasteiger charge is -2.28. The Morgan fingerprint density at radius 3 is 3.06 bits per heavy atom. The molecule has 1 saturated carbocycles. The number of pyridine rings is 1. The second-order valence-corrected chi connectivity index (χ2v) is 5.76. The Labute approximate surface area is 111 Å². The molecular weight excluding hydrogens is 248 g/mol. The number of aromatic nitrogens is 1. The molecule has 0 radical (unpaired) electrons. The van der Waals surface area contributed by atoms with Crippen molar-refractivity contribution in [2.75, 3.05) is 6.26 Å². The lowest BCUT2D eigenvalue weighted by Crippen LogP contribution is -2.39. The minimum atomic E-state index is -0.148. The van der Waals surface area contributed by atoms with Crippen molar-refractivity contribution >= 4 is 17.7 Å². The zero-order valence-corrected chi connectivity index (χ0v) is 11.2. The third-order valence-corrected chi connectivity index (χ3v) is 4.38. The van der Waals surface area contributed by atoms with E-state index in [1.807, 2.05) is 11.8 Å². The molecule has 1 heterocycles. The van der Waals surface area contributed by atoms with Crippen LogP contribution in [0.15, 0.2) is 18.5 Å². The summed E-state index contributed by atoms with van der Waals surface area (Å²) in [5, 5.41) is 13.0. The number of hydrogen-bond donors (Lipinski definition) is 2. The highest BCUT2D eigenvalue weighted by molar-refractivity contribution is 7.99. The van der Waals surface area contributed by atoms with E-state index in [1.165, 1.54) is 24.9 Å². The summed E-state index contributed by atoms with van der Waals surface area (Å²) in [4.78, 5) is 15.8. The number of thioether (sulfide) groups is 1. The van der Waals surface area contributed by atoms with Crippen LogP contribution in [-0.4, -0.2) is 33.5 Å². The number of aromatic hydroxyl groups is 1. The molecule has 1 aliphatic carbocycles. The summed E-state index contributed by atoms with van der Waals surface area (Å²) >= 11 is 1.87. The number of carbonyl (C=O) groups excluding carboxylic acids is 1. The maximum absolute atomic E-state index is 12.0. The first-order valence-corrected chi connectivity index (χ1v) is 7.45. The van der Waals surface area contributed by atoms with Gasteiger partial charge < -0.3 is 10.4 Å². The highest BCUT2D eigenvalue weighted by atomic mass is 32.2. The molecule has 5 heteroatoms. The SMILES string of the molecule is CSC1CCCC(NC(=O)c2cncc(O)c2)C1. The summed E-state index contributed by atoms with van der Waals surface area (Å²) in [6, 6.07) is 1.68. The van der Waals surface area contributed by atoms with E-state index in [2.05, 4.69) is 16.6 Å². The summed E-state index contributed by atoms with van der Waals surface area (Å²) in [6.07, 6.45) is 9.38. The molecule has 1 amide bonds. The van der Waals surface area contributed by atoms with Crippen molar-refractivity contribution in [1.82, 2.24) is 10.3 Å². The summed E-state index contributed by atoms with van der Waals surface area (Å²) in [6.45, 7) is 0. The molecule has 2 atom stereocenters. The Kier molecular flexibility index (Phi) is 4.47. The molecule has 2 N–H and O–H groups in total. The van der Waals surface area contributed by atoms with E-state index in [9.17, 15) is 9.90 Å². The first kappa shape index (κ1) is 13.2. The van der Waals surface area contributed by atoms with E-state index in [0.717, 1.165) is 19.3 Å². The summed E-state index contributed by atoms with van der Waals surface area (Å²) in [5.41, 5.74) is 0.418. The first-order chi connectivity index (χ1) is 8.69. The van der Waals surface area contributed by atoms with Gasteiger partial charge in [-0.2, -0.15) is 11.8 Å². The van der Waals surface area contributed by atoms with Crippen LogP contribution in [0.3, 0.4) is 0 Å². The molecule has 0 bridgehead atoms. The summed E-state index contributed by atoms with van der Waals surface area (Å²) < 4.78 is 0. The molecule has 1 fully saturated rings. The Balaban J connectivity index is 1.95. The second kappa shape index (κ2) is 6.09. The fraction of sp³-hybridized carbons (Fsp3) is 0.538. The second-order valence-electron chi connectivity index (χ2n) is 4.63. The zero-order chi connectivity index (χ0) is 13.0. The van der Waals surface area contributed by atoms with Crippen LogP contribution in [0.25, 0.3) is 0 Å². The predicted octanol–water partition coefficient (Wildman–Crippen LogP) is 2.19. The molecule has 0 saturated heterocycles. The molecule has 2 rings (SSSR count). The van der Waals surface area contributed by atoms with E-state index in [4.69, 9.17) is 0 Å². The highest BCUT2D eigenvalue weighted by Crippen LogP contribution is 2.27. The Bertz CT molecular complexity index is 425. The molecule has 98 valence electrons. The van der Waals surface area contributed by atoms with Crippen molar-refractivity contribution in [3.8, 4) is 5.75 Å². The number of rotatable bonds is 3. The van der Waals surface area contributed by atoms with Crippen LogP contribution >= 0.6 is 11.8 Å². The normalized spacial score (nSPS) is 23.6. The van der Waals surface area contributed by atoms with Gasteiger partial charge in [-0.1, -0.05) is 6.42 Å². The molecule has 1 aliphatic rings. The monoisotopic (exact) mass is 266 g/mol. The van der Waals surface area contributed by atoms with Gasteiger partial charge in [-0.3, -0.25) is 9.78 Å². The number of nitrogens with one attached hydrogen (secondary N) is 1. The quantitative estimate of drug-likeness (QED) is 0.880. The van der Waals surface area contributed by atoms with Crippen molar-refractivity contribution in [3.05, 3.63) is 24.0 Å². The third kappa shape index (κ3) is 3.38. The molecule has 0 aromatic carbocycles. The molecule has 18 heavy (non-hydrogen) atoms. The van der Waals surface area contributed by atoms with Crippen molar-refractivity contribution in [2.24, 2.45) is 0 Å². The molecular formula is C13H18N2O2S. The van der Waals surface area contributed by atoms with Gasteiger partial charge in [0.1, 0.15) is 5.75 Å². The van der Waals surface area contributed by atoms with Gasteiger partial charge in [-0.25, -0.2) is 0 Å². The van der Waals surface area contributed by atoms with Crippen LogP contribution in [0.2, 0.25) is 0 Å². The van der Waals surface area contributed by atoms with Gasteiger partial charge in [0.25, 0.3) is 5.91 Å². The van der Waals surface area contributed by atoms with Gasteiger partial charge in [0.2, 0.25) is 0 Å². The Morgan fingerprint density at radius 2 is 2.33 bits per heavy atom. The smallest absolute Gasteiger partial charge is 0.253 e. The molecule has 0 aliphatic heterocycles. The van der Waals surface area contributed by atoms with Crippen LogP contribution in [0, 0.1) is 0 Å². The van der Waals surface area contributed by atoms with Gasteiger partial charge >= 0.3 is 0 Å². The minimum absolute atomic E-state index is 0.0216. The van der Waals surface area contributed by atoms with E-state index in [0.29, 0.717) is 10.8 Å². The van der Waals surface area contributed by atoms with E-state index in [1.54, 1.807) is 0 Å². The lowest BCUT2D eigenvalue weighted by molar-refractivity contribution is 0.0927. The van der Waals surface area contributed by atoms with Gasteiger partial charge in [-0.15, -0.1) is 0 Å². The number of nitrogens with zero attached hydrogens (tertiary/aromatic N) is 1. The Morgan fingerprint density at radius 1 is 1.50 bits per heavy atom. The van der Waals surface area contributed by atoms with Crippen LogP contribution in [0.4, 0.5) is 0 Å². The van der Waals surface area contributed by atoms with Crippen molar-refractivity contribution in [3.63, 3.8) is 0 Å². The van der Waals surface area contributed by atoms with Crippen LogP contribution in [0.5, 0.6) is 5.75 Å². The first-order valence-electron chi connectivity index (χ1n) is 6.16. The summed E-state index contributed by atoms with van der Waals surface area (Å²) in [7, 11) is 0. The van der Waals surface area contributed by atoms with E-state index < -0.39 is 0 Å². The van der Waals surface area contributed by atoms with Gasteiger partial charge in [0.15, 0.2) is 0 Å². The molecule has 1 aromatic heterocycles. The number of hydrogen-bond acceptors (Lipinski definition) is 4. The number of carbonyl (C=O) groups is 1. The van der Waals surface area contributed by atoms with Crippen LogP contribution in [0.1, 0.15) is 36.0 Å². The lowest BCUT2D eigenvalue weighted by atomic mass is 9.95. The molecule has 1 aromatic rings. The molecule has 0 spiro atoms. The topological polar surface area (TPSA) is 62.2 Å². The van der Waals surface area contributed by atoms with Gasteiger partial charge in [-0.05, 0) is 31.6 Å². The van der Waals surface area contributed by atoms with Crippen molar-refractivity contribution in [1.29, 1.82) is 0 Å². The average Bonchev–Trinajstić information content (AvgIpc) is 2.39. The fourth-order valence-corrected chi connectivity index (χ4v) is 3.14. The minimum Gasteiger partial charge on any atom is -0.506 e. The fourth-order valence-electron chi connectivity index (χ4n) is 2.31. The Hall–Kier alpha value is -1.23. The molecule has 2 unspecified atom stereocenters. The third-order valence-electron chi connectivity index (χ3n) is 3.28. The maximum atomic E-state index is 12.0. The van der Waals surface area contributed by atoms with Crippen LogP contribution in [-0.2, 0) is 0 Å². The zero-order valence-electron chi connectivity index (χ0n) is 10.4.